The average Bonchev–Trinajstić information content (AvgIpc) is 2.53. The van der Waals surface area contributed by atoms with Crippen LogP contribution in [0.2, 0.25) is 0 Å². The van der Waals surface area contributed by atoms with Crippen molar-refractivity contribution in [1.29, 1.82) is 0 Å². The maximum atomic E-state index is 6.51. The van der Waals surface area contributed by atoms with Gasteiger partial charge in [0.15, 0.2) is 0 Å². The summed E-state index contributed by atoms with van der Waals surface area (Å²) < 4.78 is 0. The van der Waals surface area contributed by atoms with Crippen LogP contribution in [0.5, 0.6) is 0 Å². The minimum atomic E-state index is -0.143. The maximum absolute atomic E-state index is 6.51. The van der Waals surface area contributed by atoms with Crippen molar-refractivity contribution >= 4 is 16.5 Å². The highest BCUT2D eigenvalue weighted by Gasteiger charge is 2.12. The van der Waals surface area contributed by atoms with Crippen molar-refractivity contribution in [2.45, 2.75) is 6.04 Å². The van der Waals surface area contributed by atoms with Gasteiger partial charge in [0, 0.05) is 37.6 Å². The van der Waals surface area contributed by atoms with Gasteiger partial charge in [-0.05, 0) is 34.7 Å². The zero-order valence-corrected chi connectivity index (χ0v) is 12.3. The van der Waals surface area contributed by atoms with Crippen molar-refractivity contribution in [2.24, 2.45) is 5.73 Å². The standard InChI is InChI=1S/C18H19N3/c1-21(2)15-7-3-5-13(11-15)18(19)17-8-4-6-14-12-20-10-9-16(14)17/h3-12,18H,19H2,1-2H3. The Morgan fingerprint density at radius 1 is 1.05 bits per heavy atom. The summed E-state index contributed by atoms with van der Waals surface area (Å²) in [5, 5.41) is 2.28. The summed E-state index contributed by atoms with van der Waals surface area (Å²) in [4.78, 5) is 6.26. The van der Waals surface area contributed by atoms with E-state index >= 15 is 0 Å². The highest BCUT2D eigenvalue weighted by molar-refractivity contribution is 5.85. The van der Waals surface area contributed by atoms with E-state index in [1.165, 1.54) is 0 Å². The molecule has 0 saturated carbocycles. The largest absolute Gasteiger partial charge is 0.378 e. The number of pyridine rings is 1. The van der Waals surface area contributed by atoms with Gasteiger partial charge >= 0.3 is 0 Å². The van der Waals surface area contributed by atoms with Crippen LogP contribution in [0.15, 0.2) is 60.9 Å². The van der Waals surface area contributed by atoms with Crippen LogP contribution in [0.4, 0.5) is 5.69 Å². The molecular weight excluding hydrogens is 258 g/mol. The Bertz CT molecular complexity index is 760. The molecule has 2 aromatic carbocycles. The first-order valence-corrected chi connectivity index (χ1v) is 7.02. The molecule has 3 heteroatoms. The molecule has 3 nitrogen and oxygen atoms in total. The normalized spacial score (nSPS) is 12.3. The molecule has 0 aliphatic carbocycles. The average molecular weight is 277 g/mol. The van der Waals surface area contributed by atoms with Gasteiger partial charge in [-0.15, -0.1) is 0 Å². The van der Waals surface area contributed by atoms with Gasteiger partial charge in [0.05, 0.1) is 6.04 Å². The van der Waals surface area contributed by atoms with E-state index in [2.05, 4.69) is 46.3 Å². The Morgan fingerprint density at radius 2 is 1.86 bits per heavy atom. The number of hydrogen-bond acceptors (Lipinski definition) is 3. The molecule has 2 N–H and O–H groups in total. The molecule has 0 bridgehead atoms. The third-order valence-electron chi connectivity index (χ3n) is 3.80. The number of nitrogens with zero attached hydrogens (tertiary/aromatic N) is 2. The summed E-state index contributed by atoms with van der Waals surface area (Å²) in [6.07, 6.45) is 3.69. The topological polar surface area (TPSA) is 42.1 Å². The summed E-state index contributed by atoms with van der Waals surface area (Å²) >= 11 is 0. The monoisotopic (exact) mass is 277 g/mol. The Morgan fingerprint density at radius 3 is 2.67 bits per heavy atom. The molecule has 3 rings (SSSR count). The molecule has 1 unspecified atom stereocenters. The van der Waals surface area contributed by atoms with Crippen LogP contribution in [-0.4, -0.2) is 19.1 Å². The SMILES string of the molecule is CN(C)c1cccc(C(N)c2cccc3cnccc23)c1. The van der Waals surface area contributed by atoms with Crippen LogP contribution in [0.25, 0.3) is 10.8 Å². The fourth-order valence-electron chi connectivity index (χ4n) is 2.59. The number of rotatable bonds is 3. The van der Waals surface area contributed by atoms with E-state index in [0.29, 0.717) is 0 Å². The predicted molar refractivity (Wildman–Crippen MR) is 88.5 cm³/mol. The molecule has 106 valence electrons. The van der Waals surface area contributed by atoms with Gasteiger partial charge in [-0.1, -0.05) is 30.3 Å². The van der Waals surface area contributed by atoms with Gasteiger partial charge in [-0.2, -0.15) is 0 Å². The zero-order valence-electron chi connectivity index (χ0n) is 12.3. The highest BCUT2D eigenvalue weighted by Crippen LogP contribution is 2.28. The first-order valence-electron chi connectivity index (χ1n) is 7.02. The Labute approximate surface area is 125 Å². The van der Waals surface area contributed by atoms with Crippen molar-refractivity contribution in [3.8, 4) is 0 Å². The predicted octanol–water partition coefficient (Wildman–Crippen LogP) is 3.35. The molecule has 0 spiro atoms. The molecule has 1 aromatic heterocycles. The van der Waals surface area contributed by atoms with Gasteiger partial charge in [0.1, 0.15) is 0 Å². The van der Waals surface area contributed by atoms with Crippen LogP contribution in [0.3, 0.4) is 0 Å². The van der Waals surface area contributed by atoms with Crippen molar-refractivity contribution < 1.29 is 0 Å². The molecule has 21 heavy (non-hydrogen) atoms. The number of fused-ring (bicyclic) bond motifs is 1. The lowest BCUT2D eigenvalue weighted by molar-refractivity contribution is 0.879. The molecule has 0 aliphatic heterocycles. The van der Waals surface area contributed by atoms with Crippen molar-refractivity contribution in [2.75, 3.05) is 19.0 Å². The minimum Gasteiger partial charge on any atom is -0.378 e. The number of anilines is 1. The molecule has 0 radical (unpaired) electrons. The maximum Gasteiger partial charge on any atom is 0.0558 e. The second kappa shape index (κ2) is 5.54. The molecular formula is C18H19N3. The van der Waals surface area contributed by atoms with E-state index in [1.54, 1.807) is 0 Å². The first-order chi connectivity index (χ1) is 10.2. The second-order valence-corrected chi connectivity index (χ2v) is 5.41. The smallest absolute Gasteiger partial charge is 0.0558 e. The van der Waals surface area contributed by atoms with Gasteiger partial charge in [0.2, 0.25) is 0 Å². The molecule has 0 saturated heterocycles. The van der Waals surface area contributed by atoms with Gasteiger partial charge in [-0.25, -0.2) is 0 Å². The first kappa shape index (κ1) is 13.6. The lowest BCUT2D eigenvalue weighted by Crippen LogP contribution is -2.14. The van der Waals surface area contributed by atoms with E-state index in [-0.39, 0.29) is 6.04 Å². The summed E-state index contributed by atoms with van der Waals surface area (Å²) in [5.74, 6) is 0. The molecule has 3 aromatic rings. The fraction of sp³-hybridized carbons (Fsp3) is 0.167. The number of hydrogen-bond donors (Lipinski definition) is 1. The van der Waals surface area contributed by atoms with Gasteiger partial charge in [0.25, 0.3) is 0 Å². The second-order valence-electron chi connectivity index (χ2n) is 5.41. The van der Waals surface area contributed by atoms with Crippen LogP contribution < -0.4 is 10.6 Å². The molecule has 0 amide bonds. The highest BCUT2D eigenvalue weighted by atomic mass is 15.1. The molecule has 1 heterocycles. The van der Waals surface area contributed by atoms with E-state index in [0.717, 1.165) is 27.6 Å². The quantitative estimate of drug-likeness (QED) is 0.798. The third-order valence-corrected chi connectivity index (χ3v) is 3.80. The minimum absolute atomic E-state index is 0.143. The van der Waals surface area contributed by atoms with Crippen LogP contribution in [0.1, 0.15) is 17.2 Å². The summed E-state index contributed by atoms with van der Waals surface area (Å²) in [7, 11) is 4.07. The van der Waals surface area contributed by atoms with Crippen molar-refractivity contribution in [3.05, 3.63) is 72.1 Å². The van der Waals surface area contributed by atoms with E-state index in [1.807, 2.05) is 38.6 Å². The summed E-state index contributed by atoms with van der Waals surface area (Å²) in [6.45, 7) is 0. The van der Waals surface area contributed by atoms with Crippen LogP contribution in [-0.2, 0) is 0 Å². The van der Waals surface area contributed by atoms with E-state index in [9.17, 15) is 0 Å². The van der Waals surface area contributed by atoms with Crippen molar-refractivity contribution in [3.63, 3.8) is 0 Å². The lowest BCUT2D eigenvalue weighted by Gasteiger charge is -2.18. The Balaban J connectivity index is 2.08. The van der Waals surface area contributed by atoms with Crippen molar-refractivity contribution in [1.82, 2.24) is 4.98 Å². The van der Waals surface area contributed by atoms with Crippen LogP contribution in [0, 0.1) is 0 Å². The summed E-state index contributed by atoms with van der Waals surface area (Å²) in [6, 6.07) is 16.4. The number of aromatic nitrogens is 1. The Hall–Kier alpha value is -2.39. The Kier molecular flexibility index (Phi) is 3.59. The van der Waals surface area contributed by atoms with Gasteiger partial charge in [-0.3, -0.25) is 4.98 Å². The van der Waals surface area contributed by atoms with Crippen LogP contribution >= 0.6 is 0 Å². The number of benzene rings is 2. The molecule has 1 atom stereocenters. The van der Waals surface area contributed by atoms with E-state index in [4.69, 9.17) is 5.73 Å². The fourth-order valence-corrected chi connectivity index (χ4v) is 2.59. The van der Waals surface area contributed by atoms with Gasteiger partial charge < -0.3 is 10.6 Å². The number of nitrogens with two attached hydrogens (primary N) is 1. The zero-order chi connectivity index (χ0) is 14.8. The lowest BCUT2D eigenvalue weighted by atomic mass is 9.95. The molecule has 0 fully saturated rings. The van der Waals surface area contributed by atoms with E-state index < -0.39 is 0 Å². The summed E-state index contributed by atoms with van der Waals surface area (Å²) in [5.41, 5.74) is 9.92. The third kappa shape index (κ3) is 2.60. The molecule has 0 aliphatic rings.